The van der Waals surface area contributed by atoms with E-state index in [9.17, 15) is 14.8 Å². The number of benzene rings is 2. The third-order valence-electron chi connectivity index (χ3n) is 5.08. The summed E-state index contributed by atoms with van der Waals surface area (Å²) in [4.78, 5) is 22.1. The van der Waals surface area contributed by atoms with Gasteiger partial charge in [-0.15, -0.1) is 0 Å². The molecule has 0 bridgehead atoms. The Labute approximate surface area is 144 Å². The van der Waals surface area contributed by atoms with E-state index in [2.05, 4.69) is 17.5 Å². The van der Waals surface area contributed by atoms with Gasteiger partial charge in [0, 0.05) is 23.7 Å². The minimum atomic E-state index is -0.926. The van der Waals surface area contributed by atoms with Crippen LogP contribution in [0.5, 0.6) is 0 Å². The second-order valence-electron chi connectivity index (χ2n) is 6.45. The van der Waals surface area contributed by atoms with Gasteiger partial charge >= 0.3 is 11.7 Å². The Morgan fingerprint density at radius 3 is 2.60 bits per heavy atom. The molecule has 0 saturated carbocycles. The highest BCUT2D eigenvalue weighted by Gasteiger charge is 2.38. The molecule has 6 nitrogen and oxygen atoms in total. The third kappa shape index (κ3) is 2.55. The molecule has 25 heavy (non-hydrogen) atoms. The highest BCUT2D eigenvalue weighted by molar-refractivity contribution is 5.89. The molecule has 2 aromatic carbocycles. The fourth-order valence-electron chi connectivity index (χ4n) is 3.87. The number of carboxylic acids is 1. The lowest BCUT2D eigenvalue weighted by Gasteiger charge is -2.37. The van der Waals surface area contributed by atoms with Crippen LogP contribution in [0.1, 0.15) is 39.9 Å². The van der Waals surface area contributed by atoms with Crippen LogP contribution in [0.2, 0.25) is 0 Å². The van der Waals surface area contributed by atoms with E-state index in [1.165, 1.54) is 0 Å². The zero-order valence-corrected chi connectivity index (χ0v) is 13.3. The van der Waals surface area contributed by atoms with E-state index < -0.39 is 5.97 Å². The van der Waals surface area contributed by atoms with Crippen LogP contribution in [0.4, 0.5) is 11.4 Å². The van der Waals surface area contributed by atoms with Gasteiger partial charge in [-0.3, -0.25) is 0 Å². The lowest BCUT2D eigenvalue weighted by atomic mass is 9.76. The lowest BCUT2D eigenvalue weighted by molar-refractivity contribution is -0.729. The first-order valence-electron chi connectivity index (χ1n) is 8.11. The van der Waals surface area contributed by atoms with Crippen LogP contribution in [0.15, 0.2) is 54.6 Å². The van der Waals surface area contributed by atoms with Crippen LogP contribution in [-0.2, 0) is 0 Å². The number of rotatable bonds is 3. The van der Waals surface area contributed by atoms with E-state index in [4.69, 9.17) is 5.21 Å². The van der Waals surface area contributed by atoms with Crippen molar-refractivity contribution in [2.24, 2.45) is 5.92 Å². The zero-order valence-electron chi connectivity index (χ0n) is 13.3. The largest absolute Gasteiger partial charge is 0.478 e. The fraction of sp³-hybridized carbons (Fsp3) is 0.211. The molecule has 0 aromatic heterocycles. The van der Waals surface area contributed by atoms with Crippen molar-refractivity contribution in [1.82, 2.24) is 0 Å². The van der Waals surface area contributed by atoms with E-state index in [0.29, 0.717) is 5.56 Å². The van der Waals surface area contributed by atoms with Crippen molar-refractivity contribution in [3.63, 3.8) is 0 Å². The van der Waals surface area contributed by atoms with Crippen molar-refractivity contribution < 1.29 is 20.0 Å². The summed E-state index contributed by atoms with van der Waals surface area (Å²) < 4.78 is 0. The van der Waals surface area contributed by atoms with Gasteiger partial charge in [0.15, 0.2) is 0 Å². The molecule has 0 fully saturated rings. The first kappa shape index (κ1) is 15.4. The van der Waals surface area contributed by atoms with Gasteiger partial charge in [0.1, 0.15) is 0 Å². The van der Waals surface area contributed by atoms with Crippen LogP contribution in [-0.4, -0.2) is 21.2 Å². The summed E-state index contributed by atoms with van der Waals surface area (Å²) in [6.45, 7) is 0. The maximum atomic E-state index is 11.3. The number of fused-ring (bicyclic) bond motifs is 3. The molecule has 0 amide bonds. The minimum absolute atomic E-state index is 0.0519. The van der Waals surface area contributed by atoms with Crippen LogP contribution >= 0.6 is 0 Å². The Bertz CT molecular complexity index is 889. The average molecular weight is 337 g/mol. The number of nitrogens with zero attached hydrogens (tertiary/aromatic N) is 1. The highest BCUT2D eigenvalue weighted by atomic mass is 16.6. The Hall–Kier alpha value is -3.15. The molecule has 1 aliphatic heterocycles. The molecule has 3 atom stereocenters. The number of carbonyl (C=O) groups is 1. The van der Waals surface area contributed by atoms with Gasteiger partial charge in [-0.25, -0.2) is 10.0 Å². The molecule has 3 unspecified atom stereocenters. The predicted octanol–water partition coefficient (Wildman–Crippen LogP) is 4.01. The summed E-state index contributed by atoms with van der Waals surface area (Å²) in [6, 6.07) is 12.1. The van der Waals surface area contributed by atoms with Gasteiger partial charge in [-0.2, -0.15) is 0 Å². The number of nitrogens with one attached hydrogen (secondary N) is 1. The summed E-state index contributed by atoms with van der Waals surface area (Å²) in [7, 11) is 0. The van der Waals surface area contributed by atoms with Gasteiger partial charge < -0.3 is 10.4 Å². The first-order valence-corrected chi connectivity index (χ1v) is 8.11. The van der Waals surface area contributed by atoms with Crippen LogP contribution in [0, 0.1) is 10.8 Å². The molecule has 3 N–H and O–H groups in total. The molecule has 4 rings (SSSR count). The summed E-state index contributed by atoms with van der Waals surface area (Å²) >= 11 is 0. The summed E-state index contributed by atoms with van der Waals surface area (Å²) in [5, 5.41) is 21.7. The van der Waals surface area contributed by atoms with E-state index in [0.717, 1.165) is 23.2 Å². The molecular weight excluding hydrogens is 320 g/mol. The minimum Gasteiger partial charge on any atom is -0.478 e. The highest BCUT2D eigenvalue weighted by Crippen LogP contribution is 2.50. The maximum Gasteiger partial charge on any atom is 0.335 e. The van der Waals surface area contributed by atoms with Crippen molar-refractivity contribution in [2.75, 3.05) is 5.32 Å². The third-order valence-corrected chi connectivity index (χ3v) is 5.08. The lowest BCUT2D eigenvalue weighted by Crippen LogP contribution is -2.29. The Morgan fingerprint density at radius 1 is 1.16 bits per heavy atom. The van der Waals surface area contributed by atoms with Crippen molar-refractivity contribution in [3.8, 4) is 0 Å². The van der Waals surface area contributed by atoms with Crippen molar-refractivity contribution in [2.45, 2.75) is 18.4 Å². The van der Waals surface area contributed by atoms with E-state index in [1.54, 1.807) is 24.3 Å². The number of aromatic carboxylic acids is 1. The monoisotopic (exact) mass is 337 g/mol. The number of hydrogen-bond donors (Lipinski definition) is 3. The normalized spacial score (nSPS) is 23.4. The standard InChI is InChI=1S/C19H16N2O4/c22-19(23)12-6-9-17-16(10-12)14-2-1-3-15(14)18(20-17)11-4-7-13(8-5-11)21(24)25/h1-2,4-10,14-15,18,20H,3H2,(H-,22,23,24,25)/p+1. The second kappa shape index (κ2) is 5.73. The van der Waals surface area contributed by atoms with E-state index in [1.807, 2.05) is 18.2 Å². The topological polar surface area (TPSA) is 89.6 Å². The number of anilines is 1. The van der Waals surface area contributed by atoms with Gasteiger partial charge in [0.25, 0.3) is 4.92 Å². The molecule has 0 saturated heterocycles. The van der Waals surface area contributed by atoms with Crippen LogP contribution in [0.25, 0.3) is 0 Å². The predicted molar refractivity (Wildman–Crippen MR) is 91.3 cm³/mol. The molecule has 2 aliphatic rings. The second-order valence-corrected chi connectivity index (χ2v) is 6.45. The SMILES string of the molecule is O=C(O)c1ccc2c(c1)C1C=CCC1C(c1ccc([N+](=O)O)cc1)N2. The summed E-state index contributed by atoms with van der Waals surface area (Å²) in [5.74, 6) is -0.487. The average Bonchev–Trinajstić information content (AvgIpc) is 3.10. The number of allylic oxidation sites excluding steroid dienone is 2. The molecule has 1 heterocycles. The van der Waals surface area contributed by atoms with Gasteiger partial charge in [-0.05, 0) is 53.8 Å². The smallest absolute Gasteiger partial charge is 0.335 e. The molecule has 1 aliphatic carbocycles. The number of carboxylic acid groups (broad SMARTS) is 1. The Balaban J connectivity index is 1.72. The molecule has 2 aromatic rings. The Kier molecular flexibility index (Phi) is 3.53. The quantitative estimate of drug-likeness (QED) is 0.581. The zero-order chi connectivity index (χ0) is 17.6. The van der Waals surface area contributed by atoms with Crippen molar-refractivity contribution in [1.29, 1.82) is 0 Å². The Morgan fingerprint density at radius 2 is 1.92 bits per heavy atom. The summed E-state index contributed by atoms with van der Waals surface area (Å²) in [5.41, 5.74) is 3.44. The van der Waals surface area contributed by atoms with E-state index in [-0.39, 0.29) is 28.5 Å². The van der Waals surface area contributed by atoms with Crippen LogP contribution in [0.3, 0.4) is 0 Å². The first-order chi connectivity index (χ1) is 12.0. The van der Waals surface area contributed by atoms with E-state index >= 15 is 0 Å². The van der Waals surface area contributed by atoms with Crippen molar-refractivity contribution in [3.05, 3.63) is 76.2 Å². The molecule has 0 spiro atoms. The van der Waals surface area contributed by atoms with Gasteiger partial charge in [0.05, 0.1) is 16.5 Å². The van der Waals surface area contributed by atoms with Gasteiger partial charge in [0.2, 0.25) is 0 Å². The molecule has 0 radical (unpaired) electrons. The molecular formula is C19H17N2O4+. The summed E-state index contributed by atoms with van der Waals surface area (Å²) in [6.07, 6.45) is 5.17. The van der Waals surface area contributed by atoms with Crippen molar-refractivity contribution >= 4 is 17.3 Å². The van der Waals surface area contributed by atoms with Crippen LogP contribution < -0.4 is 5.32 Å². The van der Waals surface area contributed by atoms with Gasteiger partial charge in [-0.1, -0.05) is 12.2 Å². The maximum absolute atomic E-state index is 11.3. The molecule has 6 heteroatoms. The number of hydrogen-bond acceptors (Lipinski definition) is 3. The fourth-order valence-corrected chi connectivity index (χ4v) is 3.87. The molecule has 126 valence electrons.